The predicted molar refractivity (Wildman–Crippen MR) is 193 cm³/mol. The molecule has 2 fully saturated rings. The maximum absolute atomic E-state index is 12.5. The highest BCUT2D eigenvalue weighted by Gasteiger charge is 2.30. The molecule has 4 rings (SSSR count). The van der Waals surface area contributed by atoms with Gasteiger partial charge in [0.15, 0.2) is 0 Å². The van der Waals surface area contributed by atoms with Gasteiger partial charge in [-0.1, -0.05) is 86.2 Å². The summed E-state index contributed by atoms with van der Waals surface area (Å²) < 4.78 is 0. The molecule has 0 aromatic heterocycles. The first-order chi connectivity index (χ1) is 21.3. The SMILES string of the molecule is CC(C)[C@@H](CN1CCCC1)NC(=O)Cc1ccc(Cl)c(Cl)c1.CC(C)[C@H](NC(=O)Cc1ccc(Cl)c(Cl)c1)C(=O)N1CCCC1.Cl. The van der Waals surface area contributed by atoms with Crippen LogP contribution in [-0.2, 0) is 27.2 Å². The summed E-state index contributed by atoms with van der Waals surface area (Å²) in [6.07, 6.45) is 5.11. The van der Waals surface area contributed by atoms with Crippen molar-refractivity contribution >= 4 is 76.5 Å². The third-order valence-corrected chi connectivity index (χ3v) is 9.65. The zero-order valence-corrected chi connectivity index (χ0v) is 30.9. The standard InChI is InChI=1S/C17H22Cl2N2O2.C17H24Cl2N2O.ClH/c1-11(2)16(17(23)21-7-3-4-8-21)20-15(22)10-12-5-6-13(18)14(19)9-12;1-12(2)16(11-21-7-3-4-8-21)20-17(22)10-13-5-6-14(18)15(19)9-13;/h5-6,9,11,16H,3-4,7-8,10H2,1-2H3,(H,20,22);5-6,9,12,16H,3-4,7-8,10-11H2,1-2H3,(H,20,22);1H/t2*16-;/m01./s1. The Morgan fingerprint density at radius 2 is 1.13 bits per heavy atom. The van der Waals surface area contributed by atoms with Crippen molar-refractivity contribution in [1.29, 1.82) is 0 Å². The van der Waals surface area contributed by atoms with Crippen LogP contribution in [0, 0.1) is 11.8 Å². The molecule has 2 saturated heterocycles. The molecule has 7 nitrogen and oxygen atoms in total. The summed E-state index contributed by atoms with van der Waals surface area (Å²) in [6, 6.07) is 10.2. The van der Waals surface area contributed by atoms with Crippen molar-refractivity contribution in [1.82, 2.24) is 20.4 Å². The van der Waals surface area contributed by atoms with E-state index >= 15 is 0 Å². The molecule has 2 atom stereocenters. The van der Waals surface area contributed by atoms with Crippen LogP contribution in [-0.4, -0.2) is 72.3 Å². The maximum Gasteiger partial charge on any atom is 0.245 e. The number of rotatable bonds is 11. The average molecular weight is 737 g/mol. The second kappa shape index (κ2) is 19.9. The topological polar surface area (TPSA) is 81.8 Å². The predicted octanol–water partition coefficient (Wildman–Crippen LogP) is 7.49. The van der Waals surface area contributed by atoms with Gasteiger partial charge in [-0.25, -0.2) is 0 Å². The van der Waals surface area contributed by atoms with E-state index in [9.17, 15) is 14.4 Å². The van der Waals surface area contributed by atoms with Crippen LogP contribution in [0.2, 0.25) is 20.1 Å². The molecule has 2 aromatic carbocycles. The summed E-state index contributed by atoms with van der Waals surface area (Å²) in [4.78, 5) is 41.4. The van der Waals surface area contributed by atoms with E-state index in [1.54, 1.807) is 30.3 Å². The molecule has 2 N–H and O–H groups in total. The van der Waals surface area contributed by atoms with Crippen LogP contribution in [0.3, 0.4) is 0 Å². The smallest absolute Gasteiger partial charge is 0.245 e. The van der Waals surface area contributed by atoms with Crippen molar-refractivity contribution < 1.29 is 14.4 Å². The van der Waals surface area contributed by atoms with Gasteiger partial charge in [-0.3, -0.25) is 14.4 Å². The van der Waals surface area contributed by atoms with Gasteiger partial charge in [0, 0.05) is 25.7 Å². The van der Waals surface area contributed by atoms with Crippen molar-refractivity contribution in [2.24, 2.45) is 11.8 Å². The summed E-state index contributed by atoms with van der Waals surface area (Å²) in [5.41, 5.74) is 1.66. The summed E-state index contributed by atoms with van der Waals surface area (Å²) in [7, 11) is 0. The van der Waals surface area contributed by atoms with Gasteiger partial charge in [0.05, 0.1) is 32.9 Å². The van der Waals surface area contributed by atoms with E-state index in [1.165, 1.54) is 12.8 Å². The van der Waals surface area contributed by atoms with Crippen LogP contribution in [0.1, 0.15) is 64.5 Å². The van der Waals surface area contributed by atoms with E-state index in [1.807, 2.05) is 24.8 Å². The van der Waals surface area contributed by atoms with Crippen molar-refractivity contribution in [3.8, 4) is 0 Å². The van der Waals surface area contributed by atoms with Crippen molar-refractivity contribution in [3.63, 3.8) is 0 Å². The lowest BCUT2D eigenvalue weighted by Gasteiger charge is -2.27. The quantitative estimate of drug-likeness (QED) is 0.251. The van der Waals surface area contributed by atoms with Crippen LogP contribution >= 0.6 is 58.8 Å². The Kier molecular flexibility index (Phi) is 17.5. The van der Waals surface area contributed by atoms with E-state index in [-0.39, 0.29) is 48.5 Å². The Morgan fingerprint density at radius 1 is 0.674 bits per heavy atom. The van der Waals surface area contributed by atoms with Crippen molar-refractivity contribution in [2.45, 2.75) is 78.3 Å². The van der Waals surface area contributed by atoms with Crippen LogP contribution in [0.5, 0.6) is 0 Å². The molecule has 0 radical (unpaired) electrons. The number of hydrogen-bond donors (Lipinski definition) is 2. The maximum atomic E-state index is 12.5. The number of amides is 3. The number of carbonyl (C=O) groups excluding carboxylic acids is 3. The molecular formula is C34H47Cl5N4O3. The summed E-state index contributed by atoms with van der Waals surface area (Å²) in [5, 5.41) is 7.92. The lowest BCUT2D eigenvalue weighted by Crippen LogP contribution is -2.50. The molecule has 2 heterocycles. The fraction of sp³-hybridized carbons (Fsp3) is 0.559. The van der Waals surface area contributed by atoms with E-state index < -0.39 is 6.04 Å². The highest BCUT2D eigenvalue weighted by Crippen LogP contribution is 2.24. The molecule has 2 aliphatic heterocycles. The van der Waals surface area contributed by atoms with Crippen molar-refractivity contribution in [2.75, 3.05) is 32.7 Å². The van der Waals surface area contributed by atoms with Gasteiger partial charge >= 0.3 is 0 Å². The van der Waals surface area contributed by atoms with E-state index in [0.29, 0.717) is 32.4 Å². The van der Waals surface area contributed by atoms with Gasteiger partial charge in [-0.05, 0) is 86.0 Å². The fourth-order valence-electron chi connectivity index (χ4n) is 5.47. The molecule has 0 unspecified atom stereocenters. The lowest BCUT2D eigenvalue weighted by atomic mass is 10.0. The number of nitrogens with one attached hydrogen (secondary N) is 2. The van der Waals surface area contributed by atoms with Gasteiger partial charge in [0.1, 0.15) is 6.04 Å². The normalized spacial score (nSPS) is 16.0. The number of halogens is 5. The van der Waals surface area contributed by atoms with Crippen LogP contribution < -0.4 is 10.6 Å². The van der Waals surface area contributed by atoms with Crippen LogP contribution in [0.25, 0.3) is 0 Å². The molecule has 12 heteroatoms. The Bertz CT molecular complexity index is 1300. The molecule has 0 spiro atoms. The van der Waals surface area contributed by atoms with Gasteiger partial charge < -0.3 is 20.4 Å². The second-order valence-corrected chi connectivity index (χ2v) is 14.2. The first kappa shape index (κ1) is 40.4. The third-order valence-electron chi connectivity index (χ3n) is 8.17. The summed E-state index contributed by atoms with van der Waals surface area (Å²) in [5.74, 6) is 0.324. The lowest BCUT2D eigenvalue weighted by molar-refractivity contribution is -0.136. The molecule has 2 aliphatic rings. The van der Waals surface area contributed by atoms with Crippen molar-refractivity contribution in [3.05, 3.63) is 67.6 Å². The van der Waals surface area contributed by atoms with Crippen LogP contribution in [0.15, 0.2) is 36.4 Å². The first-order valence-electron chi connectivity index (χ1n) is 15.8. The number of carbonyl (C=O) groups is 3. The van der Waals surface area contributed by atoms with E-state index in [0.717, 1.165) is 56.7 Å². The monoisotopic (exact) mass is 734 g/mol. The summed E-state index contributed by atoms with van der Waals surface area (Å²) in [6.45, 7) is 13.0. The van der Waals surface area contributed by atoms with Gasteiger partial charge in [-0.2, -0.15) is 0 Å². The Balaban J connectivity index is 0.000000314. The molecule has 3 amide bonds. The highest BCUT2D eigenvalue weighted by molar-refractivity contribution is 6.42. The average Bonchev–Trinajstić information content (AvgIpc) is 3.70. The molecule has 2 aromatic rings. The second-order valence-electron chi connectivity index (χ2n) is 12.6. The fourth-order valence-corrected chi connectivity index (χ4v) is 6.11. The number of likely N-dealkylation sites (tertiary alicyclic amines) is 2. The third kappa shape index (κ3) is 13.0. The zero-order chi connectivity index (χ0) is 33.1. The summed E-state index contributed by atoms with van der Waals surface area (Å²) >= 11 is 23.7. The minimum Gasteiger partial charge on any atom is -0.352 e. The number of nitrogens with zero attached hydrogens (tertiary/aromatic N) is 2. The number of hydrogen-bond acceptors (Lipinski definition) is 4. The molecule has 256 valence electrons. The largest absolute Gasteiger partial charge is 0.352 e. The number of benzene rings is 2. The first-order valence-corrected chi connectivity index (χ1v) is 17.3. The Labute approximate surface area is 300 Å². The molecular weight excluding hydrogens is 690 g/mol. The van der Waals surface area contributed by atoms with E-state index in [4.69, 9.17) is 46.4 Å². The van der Waals surface area contributed by atoms with Gasteiger partial charge in [-0.15, -0.1) is 12.4 Å². The molecule has 46 heavy (non-hydrogen) atoms. The molecule has 0 saturated carbocycles. The molecule has 0 aliphatic carbocycles. The van der Waals surface area contributed by atoms with E-state index in [2.05, 4.69) is 29.4 Å². The van der Waals surface area contributed by atoms with Gasteiger partial charge in [0.2, 0.25) is 17.7 Å². The Morgan fingerprint density at radius 3 is 1.57 bits per heavy atom. The minimum absolute atomic E-state index is 0. The Hall–Kier alpha value is -1.74. The molecule has 0 bridgehead atoms. The highest BCUT2D eigenvalue weighted by atomic mass is 35.5. The van der Waals surface area contributed by atoms with Gasteiger partial charge in [0.25, 0.3) is 0 Å². The minimum atomic E-state index is -0.483. The van der Waals surface area contributed by atoms with Crippen LogP contribution in [0.4, 0.5) is 0 Å². The zero-order valence-electron chi connectivity index (χ0n) is 27.1.